The third-order valence-electron chi connectivity index (χ3n) is 3.78. The summed E-state index contributed by atoms with van der Waals surface area (Å²) in [7, 11) is 1.47. The lowest BCUT2D eigenvalue weighted by atomic mass is 10.0. The molecule has 1 atom stereocenters. The number of aromatic nitrogens is 2. The van der Waals surface area contributed by atoms with Gasteiger partial charge in [0.05, 0.1) is 12.1 Å². The van der Waals surface area contributed by atoms with Crippen molar-refractivity contribution in [1.82, 2.24) is 9.13 Å². The van der Waals surface area contributed by atoms with Gasteiger partial charge in [-0.05, 0) is 19.3 Å². The van der Waals surface area contributed by atoms with Gasteiger partial charge in [0.15, 0.2) is 0 Å². The van der Waals surface area contributed by atoms with Gasteiger partial charge in [-0.15, -0.1) is 0 Å². The van der Waals surface area contributed by atoms with Crippen LogP contribution in [0, 0.1) is 5.92 Å². The molecule has 7 nitrogen and oxygen atoms in total. The maximum absolute atomic E-state index is 12.3. The molecule has 7 heteroatoms. The molecule has 0 bridgehead atoms. The Morgan fingerprint density at radius 1 is 1.43 bits per heavy atom. The van der Waals surface area contributed by atoms with Gasteiger partial charge in [0.25, 0.3) is 5.56 Å². The van der Waals surface area contributed by atoms with Crippen molar-refractivity contribution in [3.63, 3.8) is 0 Å². The molecule has 0 aliphatic carbocycles. The highest BCUT2D eigenvalue weighted by atomic mass is 16.5. The lowest BCUT2D eigenvalue weighted by Gasteiger charge is -2.26. The van der Waals surface area contributed by atoms with E-state index in [1.165, 1.54) is 11.6 Å². The molecule has 1 saturated heterocycles. The average molecular weight is 296 g/mol. The molecule has 2 rings (SSSR count). The number of hydrogen-bond acceptors (Lipinski definition) is 5. The minimum Gasteiger partial charge on any atom is -0.383 e. The fourth-order valence-electron chi connectivity index (χ4n) is 2.51. The molecule has 21 heavy (non-hydrogen) atoms. The predicted octanol–water partition coefficient (Wildman–Crippen LogP) is 0.376. The Hall–Kier alpha value is -1.76. The Morgan fingerprint density at radius 3 is 2.62 bits per heavy atom. The van der Waals surface area contributed by atoms with E-state index in [4.69, 9.17) is 10.5 Å². The van der Waals surface area contributed by atoms with Crippen molar-refractivity contribution < 1.29 is 4.74 Å². The van der Waals surface area contributed by atoms with Crippen molar-refractivity contribution in [1.29, 1.82) is 0 Å². The van der Waals surface area contributed by atoms with Gasteiger partial charge in [0.2, 0.25) is 0 Å². The first kappa shape index (κ1) is 15.6. The summed E-state index contributed by atoms with van der Waals surface area (Å²) in [5, 5.41) is 3.19. The molecular weight excluding hydrogens is 272 g/mol. The summed E-state index contributed by atoms with van der Waals surface area (Å²) in [5.74, 6) is 0.450. The number of nitrogen functional groups attached to an aromatic ring is 1. The molecule has 0 radical (unpaired) electrons. The molecule has 0 saturated carbocycles. The summed E-state index contributed by atoms with van der Waals surface area (Å²) in [6.45, 7) is 7.61. The first-order valence-electron chi connectivity index (χ1n) is 7.20. The number of nitrogens with one attached hydrogen (secondary N) is 1. The summed E-state index contributed by atoms with van der Waals surface area (Å²) >= 11 is 0. The average Bonchev–Trinajstić information content (AvgIpc) is 2.84. The molecule has 2 heterocycles. The molecule has 0 spiro atoms. The third kappa shape index (κ3) is 2.97. The van der Waals surface area contributed by atoms with E-state index in [2.05, 4.69) is 5.32 Å². The molecule has 1 aliphatic rings. The van der Waals surface area contributed by atoms with Crippen molar-refractivity contribution in [3.05, 3.63) is 20.8 Å². The first-order valence-corrected chi connectivity index (χ1v) is 7.20. The molecule has 1 aromatic heterocycles. The first-order chi connectivity index (χ1) is 9.75. The summed E-state index contributed by atoms with van der Waals surface area (Å²) in [4.78, 5) is 24.6. The Morgan fingerprint density at radius 2 is 2.10 bits per heavy atom. The van der Waals surface area contributed by atoms with Crippen LogP contribution in [0.25, 0.3) is 0 Å². The lowest BCUT2D eigenvalue weighted by Crippen LogP contribution is -2.45. The largest absolute Gasteiger partial charge is 0.383 e. The van der Waals surface area contributed by atoms with Crippen LogP contribution in [0.15, 0.2) is 9.59 Å². The Balaban J connectivity index is 2.52. The van der Waals surface area contributed by atoms with Crippen LogP contribution in [0.4, 0.5) is 11.5 Å². The normalized spacial score (nSPS) is 22.0. The second-order valence-corrected chi connectivity index (χ2v) is 6.40. The maximum Gasteiger partial charge on any atom is 0.332 e. The van der Waals surface area contributed by atoms with Crippen molar-refractivity contribution >= 4 is 11.5 Å². The minimum absolute atomic E-state index is 0.199. The Bertz CT molecular complexity index is 639. The second-order valence-electron chi connectivity index (χ2n) is 6.40. The Kier molecular flexibility index (Phi) is 4.13. The highest BCUT2D eigenvalue weighted by Gasteiger charge is 2.31. The van der Waals surface area contributed by atoms with Crippen LogP contribution in [0.2, 0.25) is 0 Å². The van der Waals surface area contributed by atoms with E-state index < -0.39 is 5.56 Å². The van der Waals surface area contributed by atoms with E-state index in [9.17, 15) is 9.59 Å². The van der Waals surface area contributed by atoms with Gasteiger partial charge < -0.3 is 15.8 Å². The van der Waals surface area contributed by atoms with Crippen LogP contribution >= 0.6 is 0 Å². The Labute approximate surface area is 123 Å². The van der Waals surface area contributed by atoms with Gasteiger partial charge in [-0.3, -0.25) is 13.9 Å². The fourth-order valence-corrected chi connectivity index (χ4v) is 2.51. The summed E-state index contributed by atoms with van der Waals surface area (Å²) in [6.07, 6.45) is 0.791. The number of hydrogen-bond donors (Lipinski definition) is 2. The second kappa shape index (κ2) is 5.55. The monoisotopic (exact) mass is 296 g/mol. The predicted molar refractivity (Wildman–Crippen MR) is 82.7 cm³/mol. The molecule has 1 aromatic rings. The molecule has 3 N–H and O–H groups in total. The van der Waals surface area contributed by atoms with Crippen molar-refractivity contribution in [2.45, 2.75) is 39.3 Å². The standard InChI is InChI=1S/C14H24N4O3/c1-9(2)7-18-11(15)10(12(19)17(4)13(18)20)16-14(3)5-6-21-8-14/h9,16H,5-8,15H2,1-4H3. The number of nitrogens with two attached hydrogens (primary N) is 1. The maximum atomic E-state index is 12.3. The van der Waals surface area contributed by atoms with Crippen molar-refractivity contribution in [2.75, 3.05) is 24.3 Å². The van der Waals surface area contributed by atoms with Crippen LogP contribution in [0.5, 0.6) is 0 Å². The van der Waals surface area contributed by atoms with E-state index in [1.807, 2.05) is 20.8 Å². The van der Waals surface area contributed by atoms with Gasteiger partial charge in [0, 0.05) is 20.2 Å². The molecule has 0 aromatic carbocycles. The number of rotatable bonds is 4. The molecule has 0 amide bonds. The quantitative estimate of drug-likeness (QED) is 0.838. The SMILES string of the molecule is CC(C)Cn1c(N)c(NC2(C)CCOC2)c(=O)n(C)c1=O. The fraction of sp³-hybridized carbons (Fsp3) is 0.714. The van der Waals surface area contributed by atoms with Crippen LogP contribution < -0.4 is 22.3 Å². The summed E-state index contributed by atoms with van der Waals surface area (Å²) in [6, 6.07) is 0. The van der Waals surface area contributed by atoms with E-state index >= 15 is 0 Å². The van der Waals surface area contributed by atoms with Gasteiger partial charge >= 0.3 is 5.69 Å². The smallest absolute Gasteiger partial charge is 0.332 e. The van der Waals surface area contributed by atoms with E-state index in [1.54, 1.807) is 0 Å². The zero-order valence-corrected chi connectivity index (χ0v) is 13.1. The highest BCUT2D eigenvalue weighted by molar-refractivity contribution is 5.62. The van der Waals surface area contributed by atoms with Crippen LogP contribution in [0.1, 0.15) is 27.2 Å². The van der Waals surface area contributed by atoms with E-state index in [-0.39, 0.29) is 28.7 Å². The van der Waals surface area contributed by atoms with Crippen molar-refractivity contribution in [2.24, 2.45) is 13.0 Å². The molecule has 1 aliphatic heterocycles. The van der Waals surface area contributed by atoms with Crippen LogP contribution in [0.3, 0.4) is 0 Å². The zero-order chi connectivity index (χ0) is 15.8. The third-order valence-corrected chi connectivity index (χ3v) is 3.78. The number of anilines is 2. The zero-order valence-electron chi connectivity index (χ0n) is 13.1. The molecular formula is C14H24N4O3. The van der Waals surface area contributed by atoms with E-state index in [0.717, 1.165) is 11.0 Å². The van der Waals surface area contributed by atoms with Gasteiger partial charge in [-0.1, -0.05) is 13.8 Å². The lowest BCUT2D eigenvalue weighted by molar-refractivity contribution is 0.185. The van der Waals surface area contributed by atoms with Gasteiger partial charge in [0.1, 0.15) is 11.5 Å². The number of ether oxygens (including phenoxy) is 1. The van der Waals surface area contributed by atoms with Crippen LogP contribution in [-0.2, 0) is 18.3 Å². The topological polar surface area (TPSA) is 91.3 Å². The molecule has 118 valence electrons. The molecule has 1 unspecified atom stereocenters. The minimum atomic E-state index is -0.398. The van der Waals surface area contributed by atoms with Crippen molar-refractivity contribution in [3.8, 4) is 0 Å². The number of nitrogens with zero attached hydrogens (tertiary/aromatic N) is 2. The van der Waals surface area contributed by atoms with E-state index in [0.29, 0.717) is 19.8 Å². The molecule has 1 fully saturated rings. The summed E-state index contributed by atoms with van der Waals surface area (Å²) in [5.41, 5.74) is 5.25. The highest BCUT2D eigenvalue weighted by Crippen LogP contribution is 2.24. The van der Waals surface area contributed by atoms with Crippen LogP contribution in [-0.4, -0.2) is 27.9 Å². The van der Waals surface area contributed by atoms with Gasteiger partial charge in [-0.25, -0.2) is 4.79 Å². The summed E-state index contributed by atoms with van der Waals surface area (Å²) < 4.78 is 7.93. The van der Waals surface area contributed by atoms with Gasteiger partial charge in [-0.2, -0.15) is 0 Å².